The maximum absolute atomic E-state index is 13.2. The first kappa shape index (κ1) is 20.4. The van der Waals surface area contributed by atoms with E-state index in [4.69, 9.17) is 16.6 Å². The number of hydrogen-bond acceptors (Lipinski definition) is 7. The zero-order valence-electron chi connectivity index (χ0n) is 17.5. The molecule has 9 heteroatoms. The van der Waals surface area contributed by atoms with E-state index in [0.29, 0.717) is 28.0 Å². The highest BCUT2D eigenvalue weighted by Crippen LogP contribution is 2.27. The van der Waals surface area contributed by atoms with Gasteiger partial charge < -0.3 is 15.1 Å². The lowest BCUT2D eigenvalue weighted by Crippen LogP contribution is -2.47. The van der Waals surface area contributed by atoms with E-state index >= 15 is 0 Å². The van der Waals surface area contributed by atoms with Gasteiger partial charge in [0, 0.05) is 55.0 Å². The van der Waals surface area contributed by atoms with E-state index in [2.05, 4.69) is 30.1 Å². The van der Waals surface area contributed by atoms with Crippen LogP contribution in [0.2, 0.25) is 5.02 Å². The number of fused-ring (bicyclic) bond motifs is 1. The first-order valence-electron chi connectivity index (χ1n) is 10.3. The predicted molar refractivity (Wildman–Crippen MR) is 125 cm³/mol. The summed E-state index contributed by atoms with van der Waals surface area (Å²) in [6.45, 7) is 4.99. The molecule has 5 rings (SSSR count). The van der Waals surface area contributed by atoms with Crippen molar-refractivity contribution in [2.45, 2.75) is 6.92 Å². The van der Waals surface area contributed by atoms with Crippen molar-refractivity contribution < 1.29 is 4.39 Å². The van der Waals surface area contributed by atoms with E-state index in [-0.39, 0.29) is 5.82 Å². The molecule has 1 N–H and O–H groups in total. The highest BCUT2D eigenvalue weighted by Gasteiger charge is 2.21. The molecule has 32 heavy (non-hydrogen) atoms. The summed E-state index contributed by atoms with van der Waals surface area (Å²) in [4.78, 5) is 22.6. The summed E-state index contributed by atoms with van der Waals surface area (Å²) < 4.78 is 13.2. The van der Waals surface area contributed by atoms with Crippen LogP contribution in [0.1, 0.15) is 5.56 Å². The van der Waals surface area contributed by atoms with Gasteiger partial charge in [0.2, 0.25) is 5.95 Å². The Balaban J connectivity index is 1.41. The Morgan fingerprint density at radius 1 is 0.906 bits per heavy atom. The molecule has 1 fully saturated rings. The Hall–Kier alpha value is -3.52. The summed E-state index contributed by atoms with van der Waals surface area (Å²) in [5.41, 5.74) is 3.95. The Morgan fingerprint density at radius 2 is 1.62 bits per heavy atom. The minimum absolute atomic E-state index is 0.229. The van der Waals surface area contributed by atoms with E-state index in [9.17, 15) is 4.39 Å². The maximum atomic E-state index is 13.2. The smallest absolute Gasteiger partial charge is 0.229 e. The third-order valence-electron chi connectivity index (χ3n) is 5.51. The molecule has 0 radical (unpaired) electrons. The second-order valence-corrected chi connectivity index (χ2v) is 8.05. The lowest BCUT2D eigenvalue weighted by atomic mass is 10.2. The van der Waals surface area contributed by atoms with Crippen molar-refractivity contribution in [3.63, 3.8) is 0 Å². The van der Waals surface area contributed by atoms with E-state index in [1.165, 1.54) is 12.1 Å². The first-order chi connectivity index (χ1) is 15.6. The molecule has 2 aromatic carbocycles. The highest BCUT2D eigenvalue weighted by atomic mass is 35.5. The van der Waals surface area contributed by atoms with Gasteiger partial charge in [0.25, 0.3) is 0 Å². The Bertz CT molecular complexity index is 1260. The lowest BCUT2D eigenvalue weighted by molar-refractivity contribution is 0.623. The second-order valence-electron chi connectivity index (χ2n) is 7.64. The van der Waals surface area contributed by atoms with Crippen molar-refractivity contribution in [2.24, 2.45) is 0 Å². The molecule has 1 saturated heterocycles. The van der Waals surface area contributed by atoms with Crippen LogP contribution in [0.4, 0.5) is 27.5 Å². The van der Waals surface area contributed by atoms with Gasteiger partial charge in [-0.2, -0.15) is 9.97 Å². The van der Waals surface area contributed by atoms with Crippen molar-refractivity contribution in [3.8, 4) is 0 Å². The molecule has 0 saturated carbocycles. The average Bonchev–Trinajstić information content (AvgIpc) is 2.82. The molecule has 0 amide bonds. The number of nitrogens with zero attached hydrogens (tertiary/aromatic N) is 6. The molecule has 2 aromatic heterocycles. The van der Waals surface area contributed by atoms with Gasteiger partial charge in [-0.3, -0.25) is 0 Å². The van der Waals surface area contributed by atoms with E-state index < -0.39 is 0 Å². The molecular weight excluding hydrogens is 429 g/mol. The van der Waals surface area contributed by atoms with E-state index in [0.717, 1.165) is 43.1 Å². The Labute approximate surface area is 189 Å². The van der Waals surface area contributed by atoms with Crippen LogP contribution in [0.5, 0.6) is 0 Å². The first-order valence-corrected chi connectivity index (χ1v) is 10.7. The van der Waals surface area contributed by atoms with Gasteiger partial charge in [0.15, 0.2) is 17.0 Å². The fourth-order valence-electron chi connectivity index (χ4n) is 3.70. The molecule has 3 heterocycles. The number of piperazine rings is 1. The van der Waals surface area contributed by atoms with Crippen LogP contribution in [-0.4, -0.2) is 46.1 Å². The molecule has 0 bridgehead atoms. The van der Waals surface area contributed by atoms with E-state index in [1.54, 1.807) is 12.4 Å². The molecule has 1 aliphatic heterocycles. The van der Waals surface area contributed by atoms with Gasteiger partial charge in [-0.25, -0.2) is 14.4 Å². The number of halogens is 2. The van der Waals surface area contributed by atoms with Gasteiger partial charge >= 0.3 is 0 Å². The molecule has 0 unspecified atom stereocenters. The van der Waals surface area contributed by atoms with Crippen LogP contribution >= 0.6 is 11.6 Å². The number of rotatable bonds is 4. The number of nitrogens with one attached hydrogen (secondary N) is 1. The number of anilines is 4. The molecule has 4 aromatic rings. The zero-order chi connectivity index (χ0) is 22.1. The SMILES string of the molecule is Cc1ccc(Nc2nc(N3CCN(c4ccc(F)cc4)CC3)nc3nccnc23)cc1Cl. The van der Waals surface area contributed by atoms with Crippen LogP contribution in [0, 0.1) is 12.7 Å². The summed E-state index contributed by atoms with van der Waals surface area (Å²) >= 11 is 6.29. The average molecular weight is 450 g/mol. The molecular formula is C23H21ClFN7. The van der Waals surface area contributed by atoms with Gasteiger partial charge in [-0.15, -0.1) is 0 Å². The van der Waals surface area contributed by atoms with Crippen molar-refractivity contribution in [1.29, 1.82) is 0 Å². The number of aromatic nitrogens is 4. The predicted octanol–water partition coefficient (Wildman–Crippen LogP) is 4.59. The number of hydrogen-bond donors (Lipinski definition) is 1. The van der Waals surface area contributed by atoms with Crippen LogP contribution in [0.15, 0.2) is 54.9 Å². The monoisotopic (exact) mass is 449 g/mol. The summed E-state index contributed by atoms with van der Waals surface area (Å²) in [5.74, 6) is 0.949. The Morgan fingerprint density at radius 3 is 2.38 bits per heavy atom. The zero-order valence-corrected chi connectivity index (χ0v) is 18.2. The van der Waals surface area contributed by atoms with Crippen molar-refractivity contribution in [1.82, 2.24) is 19.9 Å². The molecule has 162 valence electrons. The van der Waals surface area contributed by atoms with Crippen LogP contribution in [0.25, 0.3) is 11.2 Å². The van der Waals surface area contributed by atoms with Gasteiger partial charge in [-0.1, -0.05) is 17.7 Å². The lowest BCUT2D eigenvalue weighted by Gasteiger charge is -2.36. The molecule has 0 aliphatic carbocycles. The standard InChI is InChI=1S/C23H21ClFN7/c1-15-2-5-17(14-19(15)24)28-22-20-21(27-9-8-26-20)29-23(30-22)32-12-10-31(11-13-32)18-6-3-16(25)4-7-18/h2-9,14H,10-13H2,1H3,(H,27,28,29,30). The summed E-state index contributed by atoms with van der Waals surface area (Å²) in [7, 11) is 0. The van der Waals surface area contributed by atoms with Crippen LogP contribution in [0.3, 0.4) is 0 Å². The van der Waals surface area contributed by atoms with Gasteiger partial charge in [0.05, 0.1) is 0 Å². The van der Waals surface area contributed by atoms with Crippen molar-refractivity contribution in [3.05, 3.63) is 71.3 Å². The molecule has 0 atom stereocenters. The molecule has 0 spiro atoms. The molecule has 1 aliphatic rings. The maximum Gasteiger partial charge on any atom is 0.229 e. The fourth-order valence-corrected chi connectivity index (χ4v) is 3.89. The summed E-state index contributed by atoms with van der Waals surface area (Å²) in [6, 6.07) is 12.4. The quantitative estimate of drug-likeness (QED) is 0.488. The van der Waals surface area contributed by atoms with Gasteiger partial charge in [0.1, 0.15) is 5.82 Å². The third-order valence-corrected chi connectivity index (χ3v) is 5.92. The minimum atomic E-state index is -0.229. The molecule has 7 nitrogen and oxygen atoms in total. The van der Waals surface area contributed by atoms with E-state index in [1.807, 2.05) is 37.3 Å². The third kappa shape index (κ3) is 4.13. The van der Waals surface area contributed by atoms with Gasteiger partial charge in [-0.05, 0) is 48.9 Å². The second kappa shape index (κ2) is 8.55. The minimum Gasteiger partial charge on any atom is -0.368 e. The number of aryl methyl sites for hydroxylation is 1. The number of benzene rings is 2. The topological polar surface area (TPSA) is 70.1 Å². The van der Waals surface area contributed by atoms with Crippen molar-refractivity contribution in [2.75, 3.05) is 41.3 Å². The van der Waals surface area contributed by atoms with Crippen LogP contribution in [-0.2, 0) is 0 Å². The largest absolute Gasteiger partial charge is 0.368 e. The summed E-state index contributed by atoms with van der Waals surface area (Å²) in [6.07, 6.45) is 3.25. The van der Waals surface area contributed by atoms with Crippen molar-refractivity contribution >= 4 is 45.9 Å². The fraction of sp³-hybridized carbons (Fsp3) is 0.217. The summed E-state index contributed by atoms with van der Waals surface area (Å²) in [5, 5.41) is 4.00. The van der Waals surface area contributed by atoms with Crippen LogP contribution < -0.4 is 15.1 Å². The Kier molecular flexibility index (Phi) is 5.45. The highest BCUT2D eigenvalue weighted by molar-refractivity contribution is 6.31. The normalized spacial score (nSPS) is 14.1.